The highest BCUT2D eigenvalue weighted by Crippen LogP contribution is 2.16. The minimum atomic E-state index is 0.0661. The second-order valence-corrected chi connectivity index (χ2v) is 4.82. The van der Waals surface area contributed by atoms with Gasteiger partial charge in [0.1, 0.15) is 11.8 Å². The van der Waals surface area contributed by atoms with Gasteiger partial charge in [0.2, 0.25) is 5.89 Å². The van der Waals surface area contributed by atoms with Crippen LogP contribution in [0.3, 0.4) is 0 Å². The van der Waals surface area contributed by atoms with Crippen molar-refractivity contribution >= 4 is 11.3 Å². The van der Waals surface area contributed by atoms with E-state index in [9.17, 15) is 0 Å². The molecule has 0 aliphatic rings. The first kappa shape index (κ1) is 11.8. The lowest BCUT2D eigenvalue weighted by atomic mass is 10.3. The molecule has 0 bridgehead atoms. The second kappa shape index (κ2) is 5.13. The first-order chi connectivity index (χ1) is 8.19. The van der Waals surface area contributed by atoms with Crippen molar-refractivity contribution in [1.29, 1.82) is 5.26 Å². The Labute approximate surface area is 104 Å². The lowest BCUT2D eigenvalue weighted by molar-refractivity contribution is 0.403. The van der Waals surface area contributed by atoms with Crippen molar-refractivity contribution in [1.82, 2.24) is 10.3 Å². The number of nitrogens with zero attached hydrogens (tertiary/aromatic N) is 2. The molecule has 0 aliphatic carbocycles. The number of hydrogen-bond donors (Lipinski definition) is 1. The molecule has 0 aliphatic heterocycles. The number of thiophene rings is 1. The zero-order valence-electron chi connectivity index (χ0n) is 9.73. The van der Waals surface area contributed by atoms with Crippen molar-refractivity contribution in [3.8, 4) is 6.07 Å². The molecule has 0 fully saturated rings. The summed E-state index contributed by atoms with van der Waals surface area (Å²) < 4.78 is 5.44. The van der Waals surface area contributed by atoms with Crippen molar-refractivity contribution in [2.24, 2.45) is 0 Å². The van der Waals surface area contributed by atoms with Crippen LogP contribution < -0.4 is 5.32 Å². The van der Waals surface area contributed by atoms with Gasteiger partial charge in [-0.1, -0.05) is 0 Å². The number of rotatable bonds is 4. The average molecular weight is 247 g/mol. The van der Waals surface area contributed by atoms with Crippen molar-refractivity contribution in [3.63, 3.8) is 0 Å². The van der Waals surface area contributed by atoms with Gasteiger partial charge in [0.15, 0.2) is 0 Å². The molecule has 2 aromatic rings. The molecule has 2 aromatic heterocycles. The number of oxazole rings is 1. The van der Waals surface area contributed by atoms with Crippen LogP contribution in [0, 0.1) is 18.3 Å². The third-order valence-electron chi connectivity index (χ3n) is 2.37. The van der Waals surface area contributed by atoms with Crippen LogP contribution >= 0.6 is 11.3 Å². The Balaban J connectivity index is 1.92. The molecule has 0 amide bonds. The lowest BCUT2D eigenvalue weighted by Crippen LogP contribution is -2.17. The van der Waals surface area contributed by atoms with Crippen LogP contribution in [0.2, 0.25) is 0 Å². The Kier molecular flexibility index (Phi) is 3.57. The Morgan fingerprint density at radius 1 is 1.65 bits per heavy atom. The molecular weight excluding hydrogens is 234 g/mol. The van der Waals surface area contributed by atoms with E-state index in [2.05, 4.69) is 16.4 Å². The molecule has 2 rings (SSSR count). The van der Waals surface area contributed by atoms with Gasteiger partial charge in [-0.15, -0.1) is 11.3 Å². The van der Waals surface area contributed by atoms with Gasteiger partial charge in [-0.2, -0.15) is 5.26 Å². The molecule has 17 heavy (non-hydrogen) atoms. The Hall–Kier alpha value is -1.64. The number of aromatic nitrogens is 1. The summed E-state index contributed by atoms with van der Waals surface area (Å²) in [5.74, 6) is 1.51. The van der Waals surface area contributed by atoms with Gasteiger partial charge in [-0.05, 0) is 19.9 Å². The zero-order valence-corrected chi connectivity index (χ0v) is 10.5. The van der Waals surface area contributed by atoms with Crippen LogP contribution in [0.25, 0.3) is 0 Å². The van der Waals surface area contributed by atoms with Crippen molar-refractivity contribution in [2.75, 3.05) is 0 Å². The topological polar surface area (TPSA) is 61.9 Å². The minimum Gasteiger partial charge on any atom is -0.444 e. The van der Waals surface area contributed by atoms with E-state index in [1.165, 1.54) is 0 Å². The highest BCUT2D eigenvalue weighted by Gasteiger charge is 2.10. The Bertz CT molecular complexity index is 538. The molecule has 5 heteroatoms. The summed E-state index contributed by atoms with van der Waals surface area (Å²) in [6, 6.07) is 4.08. The summed E-state index contributed by atoms with van der Waals surface area (Å²) in [5.41, 5.74) is 0.714. The summed E-state index contributed by atoms with van der Waals surface area (Å²) >= 11 is 1.58. The van der Waals surface area contributed by atoms with Gasteiger partial charge in [0.05, 0.1) is 17.8 Å². The van der Waals surface area contributed by atoms with Gasteiger partial charge in [-0.3, -0.25) is 0 Å². The van der Waals surface area contributed by atoms with E-state index in [0.29, 0.717) is 11.5 Å². The molecule has 2 heterocycles. The monoisotopic (exact) mass is 247 g/mol. The quantitative estimate of drug-likeness (QED) is 0.902. The maximum absolute atomic E-state index is 8.72. The van der Waals surface area contributed by atoms with Crippen molar-refractivity contribution in [2.45, 2.75) is 26.4 Å². The van der Waals surface area contributed by atoms with Crippen LogP contribution in [0.5, 0.6) is 0 Å². The molecular formula is C12H13N3OS. The van der Waals surface area contributed by atoms with E-state index in [0.717, 1.165) is 17.2 Å². The van der Waals surface area contributed by atoms with Gasteiger partial charge >= 0.3 is 0 Å². The summed E-state index contributed by atoms with van der Waals surface area (Å²) in [7, 11) is 0. The zero-order chi connectivity index (χ0) is 12.3. The van der Waals surface area contributed by atoms with Gasteiger partial charge < -0.3 is 9.73 Å². The largest absolute Gasteiger partial charge is 0.444 e. The highest BCUT2D eigenvalue weighted by atomic mass is 32.1. The van der Waals surface area contributed by atoms with E-state index in [-0.39, 0.29) is 6.04 Å². The molecule has 1 unspecified atom stereocenters. The average Bonchev–Trinajstić information content (AvgIpc) is 2.94. The molecule has 1 atom stereocenters. The van der Waals surface area contributed by atoms with Crippen LogP contribution in [0.4, 0.5) is 0 Å². The summed E-state index contributed by atoms with van der Waals surface area (Å²) in [6.07, 6.45) is 1.71. The van der Waals surface area contributed by atoms with Gasteiger partial charge in [0.25, 0.3) is 0 Å². The fraction of sp³-hybridized carbons (Fsp3) is 0.333. The molecule has 0 saturated heterocycles. The smallest absolute Gasteiger partial charge is 0.211 e. The predicted octanol–water partition coefficient (Wildman–Crippen LogP) is 2.77. The van der Waals surface area contributed by atoms with Crippen LogP contribution in [-0.4, -0.2) is 4.98 Å². The number of hydrogen-bond acceptors (Lipinski definition) is 5. The fourth-order valence-corrected chi connectivity index (χ4v) is 2.21. The molecule has 4 nitrogen and oxygen atoms in total. The highest BCUT2D eigenvalue weighted by molar-refractivity contribution is 7.10. The maximum Gasteiger partial charge on any atom is 0.211 e. The van der Waals surface area contributed by atoms with Gasteiger partial charge in [-0.25, -0.2) is 4.98 Å². The fourth-order valence-electron chi connectivity index (χ4n) is 1.45. The normalized spacial score (nSPS) is 12.3. The molecule has 0 saturated carbocycles. The molecule has 0 aromatic carbocycles. The van der Waals surface area contributed by atoms with Crippen LogP contribution in [0.1, 0.15) is 35.1 Å². The van der Waals surface area contributed by atoms with E-state index < -0.39 is 0 Å². The third kappa shape index (κ3) is 2.93. The van der Waals surface area contributed by atoms with Crippen LogP contribution in [-0.2, 0) is 6.54 Å². The number of nitrogens with one attached hydrogen (secondary N) is 1. The van der Waals surface area contributed by atoms with Crippen molar-refractivity contribution in [3.05, 3.63) is 39.7 Å². The second-order valence-electron chi connectivity index (χ2n) is 3.83. The molecule has 0 radical (unpaired) electrons. The maximum atomic E-state index is 8.72. The van der Waals surface area contributed by atoms with E-state index in [1.807, 2.05) is 25.3 Å². The Morgan fingerprint density at radius 2 is 2.47 bits per heavy atom. The minimum absolute atomic E-state index is 0.0661. The lowest BCUT2D eigenvalue weighted by Gasteiger charge is -2.08. The van der Waals surface area contributed by atoms with E-state index >= 15 is 0 Å². The predicted molar refractivity (Wildman–Crippen MR) is 65.5 cm³/mol. The van der Waals surface area contributed by atoms with Gasteiger partial charge in [0, 0.05) is 16.8 Å². The standard InChI is InChI=1S/C12H13N3OS/c1-8-5-15-12(16-8)9(2)14-6-11-3-10(4-13)7-17-11/h3,5,7,9,14H,6H2,1-2H3. The number of nitriles is 1. The molecule has 1 N–H and O–H groups in total. The van der Waals surface area contributed by atoms with E-state index in [4.69, 9.17) is 9.68 Å². The summed E-state index contributed by atoms with van der Waals surface area (Å²) in [6.45, 7) is 4.60. The van der Waals surface area contributed by atoms with E-state index in [1.54, 1.807) is 17.5 Å². The summed E-state index contributed by atoms with van der Waals surface area (Å²) in [4.78, 5) is 5.31. The number of aryl methyl sites for hydroxylation is 1. The Morgan fingerprint density at radius 3 is 3.06 bits per heavy atom. The molecule has 88 valence electrons. The first-order valence-corrected chi connectivity index (χ1v) is 6.20. The third-order valence-corrected chi connectivity index (χ3v) is 3.31. The van der Waals surface area contributed by atoms with Crippen molar-refractivity contribution < 1.29 is 4.42 Å². The summed E-state index contributed by atoms with van der Waals surface area (Å²) in [5, 5.41) is 13.9. The van der Waals surface area contributed by atoms with Crippen LogP contribution in [0.15, 0.2) is 22.1 Å². The SMILES string of the molecule is Cc1cnc(C(C)NCc2cc(C#N)cs2)o1. The first-order valence-electron chi connectivity index (χ1n) is 5.32. The molecule has 0 spiro atoms.